The standard InChI is InChI=1S/C8H6ClN3O/c9-4-1-2-5-6(3-4)11-8(13)7(5)12-10/h1-3,10-11,13H. The van der Waals surface area contributed by atoms with E-state index in [1.165, 1.54) is 0 Å². The summed E-state index contributed by atoms with van der Waals surface area (Å²) in [6, 6.07) is 5.07. The van der Waals surface area contributed by atoms with Crippen molar-refractivity contribution in [3.8, 4) is 5.88 Å². The number of aromatic hydroxyl groups is 1. The van der Waals surface area contributed by atoms with Crippen molar-refractivity contribution in [3.63, 3.8) is 0 Å². The van der Waals surface area contributed by atoms with Crippen LogP contribution in [0.5, 0.6) is 5.88 Å². The average molecular weight is 196 g/mol. The summed E-state index contributed by atoms with van der Waals surface area (Å²) < 4.78 is 0. The summed E-state index contributed by atoms with van der Waals surface area (Å²) in [6.45, 7) is 0. The van der Waals surface area contributed by atoms with Gasteiger partial charge in [-0.2, -0.15) is 5.11 Å². The van der Waals surface area contributed by atoms with Gasteiger partial charge in [0.05, 0.1) is 5.52 Å². The van der Waals surface area contributed by atoms with E-state index in [4.69, 9.17) is 17.1 Å². The predicted molar refractivity (Wildman–Crippen MR) is 49.8 cm³/mol. The molecular weight excluding hydrogens is 190 g/mol. The molecule has 0 saturated carbocycles. The van der Waals surface area contributed by atoms with Gasteiger partial charge in [-0.1, -0.05) is 11.6 Å². The van der Waals surface area contributed by atoms with Gasteiger partial charge in [0.1, 0.15) is 0 Å². The zero-order chi connectivity index (χ0) is 9.42. The Labute approximate surface area is 78.7 Å². The Morgan fingerprint density at radius 3 is 2.92 bits per heavy atom. The topological polar surface area (TPSA) is 72.2 Å². The highest BCUT2D eigenvalue weighted by molar-refractivity contribution is 6.31. The van der Waals surface area contributed by atoms with Crippen LogP contribution in [-0.2, 0) is 0 Å². The van der Waals surface area contributed by atoms with E-state index < -0.39 is 0 Å². The Morgan fingerprint density at radius 2 is 2.23 bits per heavy atom. The smallest absolute Gasteiger partial charge is 0.218 e. The van der Waals surface area contributed by atoms with E-state index in [2.05, 4.69) is 10.1 Å². The van der Waals surface area contributed by atoms with Gasteiger partial charge in [0.25, 0.3) is 0 Å². The van der Waals surface area contributed by atoms with Gasteiger partial charge in [0, 0.05) is 10.4 Å². The lowest BCUT2D eigenvalue weighted by molar-refractivity contribution is 0.459. The molecule has 0 saturated heterocycles. The normalized spacial score (nSPS) is 10.5. The first-order valence-corrected chi connectivity index (χ1v) is 3.98. The Bertz CT molecular complexity index is 477. The fourth-order valence-electron chi connectivity index (χ4n) is 1.25. The van der Waals surface area contributed by atoms with E-state index in [9.17, 15) is 5.11 Å². The van der Waals surface area contributed by atoms with Crippen LogP contribution >= 0.6 is 11.6 Å². The van der Waals surface area contributed by atoms with Gasteiger partial charge in [-0.05, 0) is 18.2 Å². The zero-order valence-electron chi connectivity index (χ0n) is 6.50. The van der Waals surface area contributed by atoms with Crippen LogP contribution in [0, 0.1) is 5.53 Å². The molecule has 0 atom stereocenters. The van der Waals surface area contributed by atoms with Gasteiger partial charge in [0.15, 0.2) is 5.69 Å². The minimum Gasteiger partial charge on any atom is -0.493 e. The van der Waals surface area contributed by atoms with Crippen molar-refractivity contribution in [1.82, 2.24) is 4.98 Å². The Hall–Kier alpha value is -1.55. The van der Waals surface area contributed by atoms with Gasteiger partial charge < -0.3 is 10.1 Å². The van der Waals surface area contributed by atoms with Crippen LogP contribution in [0.2, 0.25) is 5.02 Å². The number of H-pyrrole nitrogens is 1. The second-order valence-electron chi connectivity index (χ2n) is 2.62. The van der Waals surface area contributed by atoms with Crippen molar-refractivity contribution in [1.29, 1.82) is 5.53 Å². The van der Waals surface area contributed by atoms with E-state index in [0.29, 0.717) is 15.9 Å². The number of aromatic nitrogens is 1. The molecule has 66 valence electrons. The highest BCUT2D eigenvalue weighted by atomic mass is 35.5. The number of nitrogens with zero attached hydrogens (tertiary/aromatic N) is 1. The molecule has 4 nitrogen and oxygen atoms in total. The number of hydrogen-bond donors (Lipinski definition) is 3. The van der Waals surface area contributed by atoms with Gasteiger partial charge >= 0.3 is 0 Å². The fourth-order valence-corrected chi connectivity index (χ4v) is 1.43. The molecule has 0 amide bonds. The number of fused-ring (bicyclic) bond motifs is 1. The summed E-state index contributed by atoms with van der Waals surface area (Å²) in [5.41, 5.74) is 7.77. The number of aromatic amines is 1. The second kappa shape index (κ2) is 2.74. The SMILES string of the molecule is N=Nc1c(O)[nH]c2cc(Cl)ccc12. The number of hydrogen-bond acceptors (Lipinski definition) is 3. The summed E-state index contributed by atoms with van der Waals surface area (Å²) in [6.07, 6.45) is 0. The molecule has 3 N–H and O–H groups in total. The fraction of sp³-hybridized carbons (Fsp3) is 0. The molecule has 0 fully saturated rings. The summed E-state index contributed by atoms with van der Waals surface area (Å²) in [5, 5.41) is 13.8. The van der Waals surface area contributed by atoms with Gasteiger partial charge in [-0.25, -0.2) is 5.53 Å². The first-order valence-electron chi connectivity index (χ1n) is 3.60. The molecule has 0 spiro atoms. The third kappa shape index (κ3) is 1.15. The molecule has 0 unspecified atom stereocenters. The molecule has 2 rings (SSSR count). The molecule has 0 bridgehead atoms. The van der Waals surface area contributed by atoms with Crippen LogP contribution in [0.1, 0.15) is 0 Å². The Balaban J connectivity index is 2.86. The molecule has 5 heteroatoms. The van der Waals surface area contributed by atoms with Crippen LogP contribution in [0.4, 0.5) is 5.69 Å². The lowest BCUT2D eigenvalue weighted by Crippen LogP contribution is -1.66. The summed E-state index contributed by atoms with van der Waals surface area (Å²) in [7, 11) is 0. The van der Waals surface area contributed by atoms with Crippen LogP contribution in [0.3, 0.4) is 0 Å². The largest absolute Gasteiger partial charge is 0.493 e. The van der Waals surface area contributed by atoms with E-state index in [1.54, 1.807) is 18.2 Å². The first-order chi connectivity index (χ1) is 6.22. The van der Waals surface area contributed by atoms with Gasteiger partial charge in [-0.15, -0.1) is 0 Å². The van der Waals surface area contributed by atoms with Crippen LogP contribution in [0.25, 0.3) is 10.9 Å². The van der Waals surface area contributed by atoms with Crippen LogP contribution in [-0.4, -0.2) is 10.1 Å². The van der Waals surface area contributed by atoms with Crippen molar-refractivity contribution in [2.24, 2.45) is 5.11 Å². The van der Waals surface area contributed by atoms with E-state index in [1.807, 2.05) is 0 Å². The van der Waals surface area contributed by atoms with Crippen molar-refractivity contribution in [2.45, 2.75) is 0 Å². The summed E-state index contributed by atoms with van der Waals surface area (Å²) >= 11 is 5.74. The minimum absolute atomic E-state index is 0.104. The quantitative estimate of drug-likeness (QED) is 0.601. The van der Waals surface area contributed by atoms with Gasteiger partial charge in [0.2, 0.25) is 5.88 Å². The monoisotopic (exact) mass is 195 g/mol. The third-order valence-corrected chi connectivity index (χ3v) is 2.06. The maximum atomic E-state index is 9.31. The molecule has 1 aromatic carbocycles. The molecule has 0 aliphatic heterocycles. The van der Waals surface area contributed by atoms with Crippen LogP contribution < -0.4 is 0 Å². The van der Waals surface area contributed by atoms with Gasteiger partial charge in [-0.3, -0.25) is 0 Å². The predicted octanol–water partition coefficient (Wildman–Crippen LogP) is 3.19. The molecule has 1 heterocycles. The second-order valence-corrected chi connectivity index (χ2v) is 3.06. The average Bonchev–Trinajstić information content (AvgIpc) is 2.39. The van der Waals surface area contributed by atoms with E-state index >= 15 is 0 Å². The molecule has 0 aliphatic rings. The molecular formula is C8H6ClN3O. The number of halogens is 1. The summed E-state index contributed by atoms with van der Waals surface area (Å²) in [4.78, 5) is 2.68. The van der Waals surface area contributed by atoms with Crippen molar-refractivity contribution in [2.75, 3.05) is 0 Å². The molecule has 13 heavy (non-hydrogen) atoms. The summed E-state index contributed by atoms with van der Waals surface area (Å²) in [5.74, 6) is -0.104. The lowest BCUT2D eigenvalue weighted by Gasteiger charge is -1.90. The highest BCUT2D eigenvalue weighted by Crippen LogP contribution is 2.35. The molecule has 0 radical (unpaired) electrons. The third-order valence-electron chi connectivity index (χ3n) is 1.83. The lowest BCUT2D eigenvalue weighted by atomic mass is 10.2. The van der Waals surface area contributed by atoms with Crippen molar-refractivity contribution >= 4 is 28.2 Å². The Kier molecular flexibility index (Phi) is 1.70. The molecule has 1 aromatic heterocycles. The molecule has 0 aliphatic carbocycles. The Morgan fingerprint density at radius 1 is 1.46 bits per heavy atom. The highest BCUT2D eigenvalue weighted by Gasteiger charge is 2.09. The maximum absolute atomic E-state index is 9.31. The number of benzene rings is 1. The molecule has 2 aromatic rings. The van der Waals surface area contributed by atoms with Crippen molar-refractivity contribution in [3.05, 3.63) is 23.2 Å². The zero-order valence-corrected chi connectivity index (χ0v) is 7.26. The number of nitrogens with one attached hydrogen (secondary N) is 2. The maximum Gasteiger partial charge on any atom is 0.218 e. The van der Waals surface area contributed by atoms with E-state index in [-0.39, 0.29) is 11.6 Å². The van der Waals surface area contributed by atoms with E-state index in [0.717, 1.165) is 0 Å². The first kappa shape index (κ1) is 8.07. The minimum atomic E-state index is -0.104. The number of rotatable bonds is 1. The van der Waals surface area contributed by atoms with Crippen LogP contribution in [0.15, 0.2) is 23.3 Å². The van der Waals surface area contributed by atoms with Crippen molar-refractivity contribution < 1.29 is 5.11 Å².